The number of halogens is 1. The number of benzene rings is 1. The number of carbonyl (C=O) groups is 1. The lowest BCUT2D eigenvalue weighted by Crippen LogP contribution is -2.39. The number of nitro benzene ring substituents is 1. The number of nitro groups is 1. The van der Waals surface area contributed by atoms with Crippen LogP contribution >= 0.6 is 11.6 Å². The van der Waals surface area contributed by atoms with Crippen LogP contribution in [0.4, 0.5) is 11.4 Å². The first-order chi connectivity index (χ1) is 8.84. The third-order valence-electron chi connectivity index (χ3n) is 3.19. The second kappa shape index (κ2) is 5.99. The van der Waals surface area contributed by atoms with E-state index < -0.39 is 10.3 Å². The van der Waals surface area contributed by atoms with Gasteiger partial charge in [0.05, 0.1) is 21.0 Å². The Morgan fingerprint density at radius 3 is 2.68 bits per heavy atom. The van der Waals surface area contributed by atoms with Gasteiger partial charge in [0.15, 0.2) is 0 Å². The zero-order valence-electron chi connectivity index (χ0n) is 10.8. The van der Waals surface area contributed by atoms with Gasteiger partial charge < -0.3 is 11.1 Å². The van der Waals surface area contributed by atoms with Crippen molar-refractivity contribution >= 4 is 28.9 Å². The van der Waals surface area contributed by atoms with Crippen LogP contribution in [-0.2, 0) is 4.79 Å². The van der Waals surface area contributed by atoms with E-state index in [1.54, 1.807) is 6.92 Å². The van der Waals surface area contributed by atoms with E-state index in [-0.39, 0.29) is 28.8 Å². The number of nitrogens with one attached hydrogen (secondary N) is 1. The van der Waals surface area contributed by atoms with Crippen molar-refractivity contribution in [1.29, 1.82) is 0 Å². The second-order valence-electron chi connectivity index (χ2n) is 4.49. The van der Waals surface area contributed by atoms with Crippen LogP contribution in [0.25, 0.3) is 0 Å². The molecule has 0 saturated carbocycles. The van der Waals surface area contributed by atoms with Crippen LogP contribution in [0.1, 0.15) is 20.3 Å². The highest BCUT2D eigenvalue weighted by atomic mass is 35.5. The molecule has 3 N–H and O–H groups in total. The molecule has 0 heterocycles. The molecule has 1 aromatic carbocycles. The maximum atomic E-state index is 12.1. The molecule has 19 heavy (non-hydrogen) atoms. The van der Waals surface area contributed by atoms with Gasteiger partial charge in [-0.2, -0.15) is 0 Å². The highest BCUT2D eigenvalue weighted by Crippen LogP contribution is 2.29. The van der Waals surface area contributed by atoms with Gasteiger partial charge in [-0.15, -0.1) is 0 Å². The van der Waals surface area contributed by atoms with Gasteiger partial charge in [0, 0.05) is 18.7 Å². The van der Waals surface area contributed by atoms with Crippen LogP contribution < -0.4 is 11.1 Å². The predicted octanol–water partition coefficient (Wildman–Crippen LogP) is 2.56. The fraction of sp³-hybridized carbons (Fsp3) is 0.417. The smallest absolute Gasteiger partial charge is 0.271 e. The Hall–Kier alpha value is -1.66. The molecule has 0 aliphatic carbocycles. The van der Waals surface area contributed by atoms with Crippen LogP contribution in [0.5, 0.6) is 0 Å². The Balaban J connectivity index is 3.02. The lowest BCUT2D eigenvalue weighted by molar-refractivity contribution is -0.384. The van der Waals surface area contributed by atoms with Crippen molar-refractivity contribution < 1.29 is 9.72 Å². The number of nitrogens with two attached hydrogens (primary N) is 1. The molecule has 1 atom stereocenters. The van der Waals surface area contributed by atoms with Gasteiger partial charge in [-0.3, -0.25) is 14.9 Å². The summed E-state index contributed by atoms with van der Waals surface area (Å²) in [7, 11) is 0. The van der Waals surface area contributed by atoms with Gasteiger partial charge in [-0.1, -0.05) is 18.5 Å². The van der Waals surface area contributed by atoms with E-state index in [2.05, 4.69) is 5.32 Å². The third kappa shape index (κ3) is 3.42. The highest BCUT2D eigenvalue weighted by Gasteiger charge is 2.30. The van der Waals surface area contributed by atoms with Crippen molar-refractivity contribution in [3.8, 4) is 0 Å². The number of hydrogen-bond donors (Lipinski definition) is 2. The molecule has 0 radical (unpaired) electrons. The molecule has 0 aliphatic rings. The number of carbonyl (C=O) groups excluding carboxylic acids is 1. The molecular formula is C12H16ClN3O3. The van der Waals surface area contributed by atoms with Crippen molar-refractivity contribution in [1.82, 2.24) is 0 Å². The number of rotatable bonds is 5. The number of nitrogens with zero attached hydrogens (tertiary/aromatic N) is 1. The molecular weight excluding hydrogens is 270 g/mol. The summed E-state index contributed by atoms with van der Waals surface area (Å²) in [6.45, 7) is 3.76. The van der Waals surface area contributed by atoms with E-state index in [0.717, 1.165) is 0 Å². The van der Waals surface area contributed by atoms with Crippen LogP contribution in [0.3, 0.4) is 0 Å². The zero-order valence-corrected chi connectivity index (χ0v) is 11.5. The predicted molar refractivity (Wildman–Crippen MR) is 74.2 cm³/mol. The molecule has 0 saturated heterocycles. The standard InChI is InChI=1S/C12H16ClN3O3/c1-3-12(2,7-14)11(17)15-10-6-8(16(18)19)4-5-9(10)13/h4-6H,3,7,14H2,1-2H3,(H,15,17). The molecule has 0 aliphatic heterocycles. The topological polar surface area (TPSA) is 98.3 Å². The van der Waals surface area contributed by atoms with Gasteiger partial charge >= 0.3 is 0 Å². The summed E-state index contributed by atoms with van der Waals surface area (Å²) in [5.74, 6) is -0.306. The van der Waals surface area contributed by atoms with E-state index in [0.29, 0.717) is 6.42 Å². The van der Waals surface area contributed by atoms with E-state index in [1.165, 1.54) is 18.2 Å². The van der Waals surface area contributed by atoms with Crippen molar-refractivity contribution in [3.63, 3.8) is 0 Å². The summed E-state index contributed by atoms with van der Waals surface area (Å²) in [5.41, 5.74) is 4.94. The highest BCUT2D eigenvalue weighted by molar-refractivity contribution is 6.33. The quantitative estimate of drug-likeness (QED) is 0.641. The molecule has 0 fully saturated rings. The third-order valence-corrected chi connectivity index (χ3v) is 3.52. The lowest BCUT2D eigenvalue weighted by Gasteiger charge is -2.25. The minimum absolute atomic E-state index is 0.134. The molecule has 104 valence electrons. The van der Waals surface area contributed by atoms with E-state index in [9.17, 15) is 14.9 Å². The van der Waals surface area contributed by atoms with Gasteiger partial charge in [0.1, 0.15) is 0 Å². The second-order valence-corrected chi connectivity index (χ2v) is 4.90. The first-order valence-electron chi connectivity index (χ1n) is 5.79. The molecule has 0 spiro atoms. The number of anilines is 1. The fourth-order valence-electron chi connectivity index (χ4n) is 1.39. The van der Waals surface area contributed by atoms with Crippen molar-refractivity contribution in [2.75, 3.05) is 11.9 Å². The maximum absolute atomic E-state index is 12.1. The van der Waals surface area contributed by atoms with Crippen LogP contribution in [0, 0.1) is 15.5 Å². The molecule has 7 heteroatoms. The fourth-order valence-corrected chi connectivity index (χ4v) is 1.56. The molecule has 0 aromatic heterocycles. The first-order valence-corrected chi connectivity index (χ1v) is 6.17. The average Bonchev–Trinajstić information content (AvgIpc) is 2.39. The lowest BCUT2D eigenvalue weighted by atomic mass is 9.86. The average molecular weight is 286 g/mol. The van der Waals surface area contributed by atoms with Crippen LogP contribution in [0.15, 0.2) is 18.2 Å². The number of hydrogen-bond acceptors (Lipinski definition) is 4. The normalized spacial score (nSPS) is 13.7. The maximum Gasteiger partial charge on any atom is 0.271 e. The van der Waals surface area contributed by atoms with Gasteiger partial charge in [-0.05, 0) is 19.4 Å². The minimum atomic E-state index is -0.728. The van der Waals surface area contributed by atoms with Gasteiger partial charge in [0.25, 0.3) is 5.69 Å². The van der Waals surface area contributed by atoms with Crippen LogP contribution in [0.2, 0.25) is 5.02 Å². The summed E-state index contributed by atoms with van der Waals surface area (Å²) < 4.78 is 0. The summed E-state index contributed by atoms with van der Waals surface area (Å²) in [5, 5.41) is 13.5. The summed E-state index contributed by atoms with van der Waals surface area (Å²) in [4.78, 5) is 22.3. The summed E-state index contributed by atoms with van der Waals surface area (Å²) >= 11 is 5.91. The molecule has 0 bridgehead atoms. The van der Waals surface area contributed by atoms with Crippen molar-refractivity contribution in [2.45, 2.75) is 20.3 Å². The van der Waals surface area contributed by atoms with Gasteiger partial charge in [0.2, 0.25) is 5.91 Å². The molecule has 1 rings (SSSR count). The Morgan fingerprint density at radius 2 is 2.21 bits per heavy atom. The Morgan fingerprint density at radius 1 is 1.58 bits per heavy atom. The molecule has 1 unspecified atom stereocenters. The number of amides is 1. The van der Waals surface area contributed by atoms with E-state index >= 15 is 0 Å². The zero-order chi connectivity index (χ0) is 14.6. The molecule has 1 amide bonds. The first kappa shape index (κ1) is 15.4. The van der Waals surface area contributed by atoms with Crippen molar-refractivity contribution in [3.05, 3.63) is 33.3 Å². The number of non-ortho nitro benzene ring substituents is 1. The Kier molecular flexibility index (Phi) is 4.85. The molecule has 1 aromatic rings. The molecule has 6 nitrogen and oxygen atoms in total. The van der Waals surface area contributed by atoms with E-state index in [4.69, 9.17) is 17.3 Å². The summed E-state index contributed by atoms with van der Waals surface area (Å²) in [6, 6.07) is 3.88. The van der Waals surface area contributed by atoms with Crippen LogP contribution in [-0.4, -0.2) is 17.4 Å². The minimum Gasteiger partial charge on any atom is -0.329 e. The Bertz CT molecular complexity index is 501. The van der Waals surface area contributed by atoms with E-state index in [1.807, 2.05) is 6.92 Å². The Labute approximate surface area is 116 Å². The SMILES string of the molecule is CCC(C)(CN)C(=O)Nc1cc([N+](=O)[O-])ccc1Cl. The van der Waals surface area contributed by atoms with Crippen molar-refractivity contribution in [2.24, 2.45) is 11.1 Å². The van der Waals surface area contributed by atoms with Gasteiger partial charge in [-0.25, -0.2) is 0 Å². The largest absolute Gasteiger partial charge is 0.329 e. The summed E-state index contributed by atoms with van der Waals surface area (Å²) in [6.07, 6.45) is 0.557. The monoisotopic (exact) mass is 285 g/mol.